The Balaban J connectivity index is 2.99. The molecule has 0 amide bonds. The van der Waals surface area contributed by atoms with Crippen LogP contribution in [-0.4, -0.2) is 25.7 Å². The molecule has 1 aromatic rings. The van der Waals surface area contributed by atoms with Crippen LogP contribution >= 0.6 is 0 Å². The molecule has 0 heterocycles. The summed E-state index contributed by atoms with van der Waals surface area (Å²) >= 11 is 0. The zero-order valence-corrected chi connectivity index (χ0v) is 10.4. The monoisotopic (exact) mass is 244 g/mol. The fourth-order valence-corrected chi connectivity index (χ4v) is 2.29. The van der Waals surface area contributed by atoms with Gasteiger partial charge in [-0.1, -0.05) is 17.7 Å². The largest absolute Gasteiger partial charge is 0.393 e. The molecule has 1 aromatic carbocycles. The van der Waals surface area contributed by atoms with Crippen molar-refractivity contribution >= 4 is 10.1 Å². The van der Waals surface area contributed by atoms with E-state index in [1.165, 1.54) is 26.0 Å². The van der Waals surface area contributed by atoms with Gasteiger partial charge >= 0.3 is 0 Å². The van der Waals surface area contributed by atoms with E-state index >= 15 is 0 Å². The molecule has 0 aliphatic rings. The lowest BCUT2D eigenvalue weighted by atomic mass is 10.2. The van der Waals surface area contributed by atoms with Crippen LogP contribution in [0.3, 0.4) is 0 Å². The zero-order valence-electron chi connectivity index (χ0n) is 9.60. The third-order valence-corrected chi connectivity index (χ3v) is 3.55. The first-order chi connectivity index (χ1) is 7.27. The first kappa shape index (κ1) is 13.2. The van der Waals surface area contributed by atoms with Gasteiger partial charge < -0.3 is 5.11 Å². The smallest absolute Gasteiger partial charge is 0.297 e. The predicted molar refractivity (Wildman–Crippen MR) is 60.6 cm³/mol. The van der Waals surface area contributed by atoms with Gasteiger partial charge in [-0.3, -0.25) is 4.18 Å². The lowest BCUT2D eigenvalue weighted by Crippen LogP contribution is -2.32. The highest BCUT2D eigenvalue weighted by Crippen LogP contribution is 2.19. The molecule has 5 heteroatoms. The summed E-state index contributed by atoms with van der Waals surface area (Å²) in [4.78, 5) is 0.0969. The highest BCUT2D eigenvalue weighted by Gasteiger charge is 2.27. The van der Waals surface area contributed by atoms with Gasteiger partial charge in [-0.2, -0.15) is 8.42 Å². The lowest BCUT2D eigenvalue weighted by molar-refractivity contribution is 0.0472. The molecule has 4 nitrogen and oxygen atoms in total. The van der Waals surface area contributed by atoms with E-state index < -0.39 is 15.7 Å². The van der Waals surface area contributed by atoms with Crippen molar-refractivity contribution < 1.29 is 17.7 Å². The number of hydrogen-bond acceptors (Lipinski definition) is 4. The molecule has 0 atom stereocenters. The van der Waals surface area contributed by atoms with E-state index in [0.29, 0.717) is 0 Å². The maximum Gasteiger partial charge on any atom is 0.297 e. The summed E-state index contributed by atoms with van der Waals surface area (Å²) in [6.45, 7) is 4.53. The average molecular weight is 244 g/mol. The van der Waals surface area contributed by atoms with E-state index in [4.69, 9.17) is 9.29 Å². The third kappa shape index (κ3) is 3.30. The summed E-state index contributed by atoms with van der Waals surface area (Å²) in [5.74, 6) is 0. The summed E-state index contributed by atoms with van der Waals surface area (Å²) in [6.07, 6.45) is 0. The van der Waals surface area contributed by atoms with Gasteiger partial charge in [0, 0.05) is 0 Å². The van der Waals surface area contributed by atoms with Gasteiger partial charge in [-0.05, 0) is 32.9 Å². The summed E-state index contributed by atoms with van der Waals surface area (Å²) in [5.41, 5.74) is -0.135. The van der Waals surface area contributed by atoms with E-state index in [-0.39, 0.29) is 11.5 Å². The molecule has 0 bridgehead atoms. The van der Waals surface area contributed by atoms with Crippen LogP contribution in [0, 0.1) is 6.92 Å². The van der Waals surface area contributed by atoms with Gasteiger partial charge in [0.2, 0.25) is 0 Å². The van der Waals surface area contributed by atoms with Gasteiger partial charge in [0.25, 0.3) is 10.1 Å². The molecule has 0 aliphatic carbocycles. The Morgan fingerprint density at radius 2 is 1.75 bits per heavy atom. The summed E-state index contributed by atoms with van der Waals surface area (Å²) in [6, 6.07) is 6.36. The van der Waals surface area contributed by atoms with Crippen LogP contribution in [0.1, 0.15) is 19.4 Å². The van der Waals surface area contributed by atoms with Crippen molar-refractivity contribution in [2.45, 2.75) is 31.3 Å². The normalized spacial score (nSPS) is 12.8. The highest BCUT2D eigenvalue weighted by atomic mass is 32.2. The Morgan fingerprint density at radius 1 is 1.25 bits per heavy atom. The van der Waals surface area contributed by atoms with E-state index in [1.54, 1.807) is 12.1 Å². The first-order valence-corrected chi connectivity index (χ1v) is 6.31. The molecule has 90 valence electrons. The number of aliphatic hydroxyl groups excluding tert-OH is 1. The van der Waals surface area contributed by atoms with E-state index in [1.807, 2.05) is 6.92 Å². The molecule has 1 rings (SSSR count). The molecular formula is C11H16O4S. The summed E-state index contributed by atoms with van der Waals surface area (Å²) in [5, 5.41) is 8.96. The fourth-order valence-electron chi connectivity index (χ4n) is 1.08. The Morgan fingerprint density at radius 3 is 2.19 bits per heavy atom. The number of aryl methyl sites for hydroxylation is 1. The van der Waals surface area contributed by atoms with Crippen LogP contribution in [0.15, 0.2) is 29.2 Å². The second-order valence-electron chi connectivity index (χ2n) is 4.27. The van der Waals surface area contributed by atoms with Crippen molar-refractivity contribution in [1.29, 1.82) is 0 Å². The molecule has 0 radical (unpaired) electrons. The van der Waals surface area contributed by atoms with Gasteiger partial charge in [0.1, 0.15) is 5.60 Å². The maximum atomic E-state index is 11.8. The molecule has 1 N–H and O–H groups in total. The standard InChI is InChI=1S/C11H16O4S/c1-9-4-6-10(7-5-9)16(13,14)15-11(2,3)8-12/h4-7,12H,8H2,1-3H3. The molecule has 0 saturated carbocycles. The molecule has 0 unspecified atom stereocenters. The lowest BCUT2D eigenvalue weighted by Gasteiger charge is -2.21. The van der Waals surface area contributed by atoms with Crippen molar-refractivity contribution in [3.8, 4) is 0 Å². The van der Waals surface area contributed by atoms with Crippen LogP contribution in [0.4, 0.5) is 0 Å². The second-order valence-corrected chi connectivity index (χ2v) is 5.81. The molecule has 0 fully saturated rings. The topological polar surface area (TPSA) is 63.6 Å². The van der Waals surface area contributed by atoms with E-state index in [0.717, 1.165) is 5.56 Å². The zero-order chi connectivity index (χ0) is 12.4. The molecule has 0 aliphatic heterocycles. The number of aliphatic hydroxyl groups is 1. The summed E-state index contributed by atoms with van der Waals surface area (Å²) < 4.78 is 28.5. The third-order valence-electron chi connectivity index (χ3n) is 2.03. The van der Waals surface area contributed by atoms with Crippen molar-refractivity contribution in [3.63, 3.8) is 0 Å². The molecule has 16 heavy (non-hydrogen) atoms. The van der Waals surface area contributed by atoms with Crippen molar-refractivity contribution in [2.24, 2.45) is 0 Å². The van der Waals surface area contributed by atoms with Crippen molar-refractivity contribution in [1.82, 2.24) is 0 Å². The Kier molecular flexibility index (Phi) is 3.72. The Labute approximate surface area is 96.0 Å². The minimum absolute atomic E-state index is 0.0969. The number of hydrogen-bond donors (Lipinski definition) is 1. The average Bonchev–Trinajstić information content (AvgIpc) is 2.17. The first-order valence-electron chi connectivity index (χ1n) is 4.90. The fraction of sp³-hybridized carbons (Fsp3) is 0.455. The molecular weight excluding hydrogens is 228 g/mol. The van der Waals surface area contributed by atoms with Crippen LogP contribution in [-0.2, 0) is 14.3 Å². The molecule has 0 aromatic heterocycles. The molecule has 0 saturated heterocycles. The molecule has 0 spiro atoms. The van der Waals surface area contributed by atoms with Gasteiger partial charge in [-0.15, -0.1) is 0 Å². The Bertz CT molecular complexity index is 445. The maximum absolute atomic E-state index is 11.8. The van der Waals surface area contributed by atoms with Crippen LogP contribution in [0.2, 0.25) is 0 Å². The van der Waals surface area contributed by atoms with E-state index in [9.17, 15) is 8.42 Å². The quantitative estimate of drug-likeness (QED) is 0.815. The number of rotatable bonds is 4. The minimum atomic E-state index is -3.81. The SMILES string of the molecule is Cc1ccc(S(=O)(=O)OC(C)(C)CO)cc1. The second kappa shape index (κ2) is 4.53. The predicted octanol–water partition coefficient (Wildman–Crippen LogP) is 1.47. The van der Waals surface area contributed by atoms with Crippen LogP contribution < -0.4 is 0 Å². The van der Waals surface area contributed by atoms with Crippen LogP contribution in [0.25, 0.3) is 0 Å². The van der Waals surface area contributed by atoms with E-state index in [2.05, 4.69) is 0 Å². The van der Waals surface area contributed by atoms with Gasteiger partial charge in [0.15, 0.2) is 0 Å². The minimum Gasteiger partial charge on any atom is -0.393 e. The van der Waals surface area contributed by atoms with Crippen molar-refractivity contribution in [3.05, 3.63) is 29.8 Å². The number of benzene rings is 1. The van der Waals surface area contributed by atoms with Crippen LogP contribution in [0.5, 0.6) is 0 Å². The summed E-state index contributed by atoms with van der Waals surface area (Å²) in [7, 11) is -3.81. The Hall–Kier alpha value is -0.910. The van der Waals surface area contributed by atoms with Gasteiger partial charge in [0.05, 0.1) is 11.5 Å². The van der Waals surface area contributed by atoms with Gasteiger partial charge in [-0.25, -0.2) is 0 Å². The van der Waals surface area contributed by atoms with Crippen molar-refractivity contribution in [2.75, 3.05) is 6.61 Å². The highest BCUT2D eigenvalue weighted by molar-refractivity contribution is 7.86.